The average molecular weight is 511 g/mol. The normalized spacial score (nSPS) is 34.6. The van der Waals surface area contributed by atoms with Crippen molar-refractivity contribution in [3.63, 3.8) is 0 Å². The number of hydrogen-bond donors (Lipinski definition) is 7. The number of aliphatic hydroxyl groups excluding tert-OH is 4. The molecule has 0 aliphatic carbocycles. The molecule has 33 heavy (non-hydrogen) atoms. The Morgan fingerprint density at radius 2 is 2.00 bits per heavy atom. The molecule has 2 saturated heterocycles. The molecular formula is C14H21N6O11P2+. The number of aliphatic hydroxyl groups is 4. The molecular weight excluding hydrogens is 490 g/mol. The number of fused-ring (bicyclic) bond motifs is 1. The van der Waals surface area contributed by atoms with E-state index in [1.807, 2.05) is 0 Å². The molecule has 0 radical (unpaired) electrons. The minimum atomic E-state index is -4.97. The third-order valence-corrected chi connectivity index (χ3v) is 7.20. The van der Waals surface area contributed by atoms with Crippen molar-refractivity contribution in [3.05, 3.63) is 12.7 Å². The van der Waals surface area contributed by atoms with Gasteiger partial charge in [-0.25, -0.2) is 19.5 Å². The molecule has 2 aromatic heterocycles. The van der Waals surface area contributed by atoms with E-state index < -0.39 is 65.7 Å². The molecule has 2 aromatic rings. The topological polar surface area (TPSA) is 254 Å². The molecule has 2 aliphatic rings. The first kappa shape index (κ1) is 24.4. The number of phosphoric acid groups is 1. The van der Waals surface area contributed by atoms with Crippen LogP contribution in [-0.4, -0.2) is 94.7 Å². The van der Waals surface area contributed by atoms with Crippen molar-refractivity contribution in [3.8, 4) is 0 Å². The highest BCUT2D eigenvalue weighted by atomic mass is 31.2. The zero-order chi connectivity index (χ0) is 23.9. The smallest absolute Gasteiger partial charge is 0.389 e. The van der Waals surface area contributed by atoms with E-state index in [9.17, 15) is 34.4 Å². The number of imidazole rings is 1. The van der Waals surface area contributed by atoms with Gasteiger partial charge < -0.3 is 30.9 Å². The first-order valence-electron chi connectivity index (χ1n) is 9.42. The summed E-state index contributed by atoms with van der Waals surface area (Å²) in [5.41, 5.74) is 6.22. The van der Waals surface area contributed by atoms with Gasteiger partial charge in [0.2, 0.25) is 0 Å². The van der Waals surface area contributed by atoms with Crippen LogP contribution < -0.4 is 11.1 Å². The number of nitrogen functional groups attached to an aromatic ring is 1. The Labute approximate surface area is 185 Å². The van der Waals surface area contributed by atoms with Crippen molar-refractivity contribution in [1.29, 1.82) is 0 Å². The molecule has 9 atom stereocenters. The molecule has 6 unspecified atom stereocenters. The SMILES string of the molecule is Nc1ncnc2c1ncn2[C@@H]1O[C@H](CO[P+](=O)OP(=O)(O)O[C@H]2NCC(O)C2O)C(O)C1O. The van der Waals surface area contributed by atoms with Crippen LogP contribution in [0.2, 0.25) is 0 Å². The van der Waals surface area contributed by atoms with Gasteiger partial charge in [-0.15, -0.1) is 4.52 Å². The molecule has 2 fully saturated rings. The van der Waals surface area contributed by atoms with Crippen LogP contribution in [-0.2, 0) is 27.2 Å². The zero-order valence-electron chi connectivity index (χ0n) is 16.6. The number of anilines is 1. The summed E-state index contributed by atoms with van der Waals surface area (Å²) in [6, 6.07) is 0. The number of nitrogens with two attached hydrogens (primary N) is 1. The highest BCUT2D eigenvalue weighted by Crippen LogP contribution is 2.53. The van der Waals surface area contributed by atoms with Crippen molar-refractivity contribution in [1.82, 2.24) is 24.8 Å². The number of ether oxygens (including phenoxy) is 1. The minimum absolute atomic E-state index is 0.0975. The third-order valence-electron chi connectivity index (χ3n) is 4.99. The van der Waals surface area contributed by atoms with Gasteiger partial charge in [-0.1, -0.05) is 0 Å². The largest absolute Gasteiger partial charge is 0.708 e. The Morgan fingerprint density at radius 3 is 2.70 bits per heavy atom. The van der Waals surface area contributed by atoms with Gasteiger partial charge in [0.15, 0.2) is 17.7 Å². The number of β-amino-alcohol motifs (C(OH)–C–C–N with tert-alkyl or cyclic N) is 1. The molecule has 19 heteroatoms. The Hall–Kier alpha value is -1.72. The maximum absolute atomic E-state index is 12.0. The number of hydrogen-bond acceptors (Lipinski definition) is 15. The number of aromatic nitrogens is 4. The number of phosphoric ester groups is 1. The second-order valence-corrected chi connectivity index (χ2v) is 9.70. The van der Waals surface area contributed by atoms with E-state index in [1.54, 1.807) is 0 Å². The molecule has 0 aromatic carbocycles. The average Bonchev–Trinajstić information content (AvgIpc) is 3.40. The second kappa shape index (κ2) is 9.50. The summed E-state index contributed by atoms with van der Waals surface area (Å²) >= 11 is 0. The van der Waals surface area contributed by atoms with Crippen molar-refractivity contribution >= 4 is 33.1 Å². The summed E-state index contributed by atoms with van der Waals surface area (Å²) in [7, 11) is -8.21. The van der Waals surface area contributed by atoms with Crippen LogP contribution in [0.25, 0.3) is 11.2 Å². The lowest BCUT2D eigenvalue weighted by molar-refractivity contribution is -0.0480. The summed E-state index contributed by atoms with van der Waals surface area (Å²) in [5.74, 6) is 0.103. The van der Waals surface area contributed by atoms with Crippen molar-refractivity contribution < 1.29 is 52.5 Å². The number of nitrogens with zero attached hydrogens (tertiary/aromatic N) is 4. The molecule has 0 amide bonds. The first-order chi connectivity index (χ1) is 15.6. The van der Waals surface area contributed by atoms with Gasteiger partial charge >= 0.3 is 16.1 Å². The minimum Gasteiger partial charge on any atom is -0.389 e. The van der Waals surface area contributed by atoms with Crippen molar-refractivity contribution in [2.45, 2.75) is 43.0 Å². The highest BCUT2D eigenvalue weighted by Gasteiger charge is 2.48. The van der Waals surface area contributed by atoms with Gasteiger partial charge in [-0.05, 0) is 4.31 Å². The fourth-order valence-corrected chi connectivity index (χ4v) is 5.11. The van der Waals surface area contributed by atoms with E-state index in [0.29, 0.717) is 0 Å². The van der Waals surface area contributed by atoms with Crippen molar-refractivity contribution in [2.75, 3.05) is 18.9 Å². The van der Waals surface area contributed by atoms with Crippen LogP contribution >= 0.6 is 16.1 Å². The van der Waals surface area contributed by atoms with E-state index in [0.717, 1.165) is 0 Å². The summed E-state index contributed by atoms with van der Waals surface area (Å²) in [6.45, 7) is -0.698. The van der Waals surface area contributed by atoms with Gasteiger partial charge in [0.1, 0.15) is 49.1 Å². The van der Waals surface area contributed by atoms with E-state index >= 15 is 0 Å². The molecule has 182 valence electrons. The van der Waals surface area contributed by atoms with E-state index in [1.165, 1.54) is 17.2 Å². The monoisotopic (exact) mass is 511 g/mol. The Bertz CT molecular complexity index is 1070. The van der Waals surface area contributed by atoms with Gasteiger partial charge in [0.25, 0.3) is 0 Å². The predicted octanol–water partition coefficient (Wildman–Crippen LogP) is -2.51. The van der Waals surface area contributed by atoms with Gasteiger partial charge in [0, 0.05) is 11.1 Å². The van der Waals surface area contributed by atoms with Crippen LogP contribution in [0.4, 0.5) is 5.82 Å². The van der Waals surface area contributed by atoms with Crippen molar-refractivity contribution in [2.24, 2.45) is 0 Å². The zero-order valence-corrected chi connectivity index (χ0v) is 18.3. The molecule has 4 heterocycles. The van der Waals surface area contributed by atoms with Crippen LogP contribution in [0, 0.1) is 0 Å². The first-order valence-corrected chi connectivity index (χ1v) is 12.0. The molecule has 4 rings (SSSR count). The van der Waals surface area contributed by atoms with E-state index in [-0.39, 0.29) is 23.5 Å². The highest BCUT2D eigenvalue weighted by molar-refractivity contribution is 7.56. The van der Waals surface area contributed by atoms with Gasteiger partial charge in [0.05, 0.1) is 12.4 Å². The molecule has 8 N–H and O–H groups in total. The molecule has 0 bridgehead atoms. The summed E-state index contributed by atoms with van der Waals surface area (Å²) in [5, 5.41) is 42.1. The maximum Gasteiger partial charge on any atom is 0.708 e. The quantitative estimate of drug-likeness (QED) is 0.181. The van der Waals surface area contributed by atoms with E-state index in [4.69, 9.17) is 15.0 Å². The van der Waals surface area contributed by atoms with Crippen LogP contribution in [0.3, 0.4) is 0 Å². The Balaban J connectivity index is 1.34. The Morgan fingerprint density at radius 1 is 1.24 bits per heavy atom. The number of rotatable bonds is 8. The van der Waals surface area contributed by atoms with E-state index in [2.05, 4.69) is 29.1 Å². The molecule has 2 aliphatic heterocycles. The fraction of sp³-hybridized carbons (Fsp3) is 0.643. The van der Waals surface area contributed by atoms with Crippen LogP contribution in [0.5, 0.6) is 0 Å². The Kier molecular flexibility index (Phi) is 7.02. The second-order valence-electron chi connectivity index (χ2n) is 7.19. The standard InChI is InChI=1S/C14H20N6O11P2/c15-11-7-12(18-3-17-11)20(4-19-7)14-10(24)9(23)6(29-14)2-28-32(25)31-33(26,27)30-13-8(22)5(21)1-16-13/h3-6,8-10,13-14,16,21-24H,1-2H2,(H2-,15,17,18,26,27)/p+1/t5?,6-,8?,9?,10?,13-,14-/m1/s1. The van der Waals surface area contributed by atoms with Crippen LogP contribution in [0.1, 0.15) is 6.23 Å². The predicted molar refractivity (Wildman–Crippen MR) is 105 cm³/mol. The third kappa shape index (κ3) is 5.05. The summed E-state index contributed by atoms with van der Waals surface area (Å²) in [6.07, 6.45) is -7.01. The lowest BCUT2D eigenvalue weighted by Gasteiger charge is -2.16. The van der Waals surface area contributed by atoms with Crippen LogP contribution in [0.15, 0.2) is 12.7 Å². The molecule has 0 spiro atoms. The number of nitrogens with one attached hydrogen (secondary N) is 1. The van der Waals surface area contributed by atoms with Gasteiger partial charge in [-0.2, -0.15) is 0 Å². The fourth-order valence-electron chi connectivity index (χ4n) is 3.34. The lowest BCUT2D eigenvalue weighted by atomic mass is 10.1. The maximum atomic E-state index is 12.0. The summed E-state index contributed by atoms with van der Waals surface area (Å²) < 4.78 is 44.7. The molecule has 17 nitrogen and oxygen atoms in total. The summed E-state index contributed by atoms with van der Waals surface area (Å²) in [4.78, 5) is 21.6. The lowest BCUT2D eigenvalue weighted by Crippen LogP contribution is -2.34. The van der Waals surface area contributed by atoms with Gasteiger partial charge in [-0.3, -0.25) is 19.3 Å². The molecule has 0 saturated carbocycles.